The van der Waals surface area contributed by atoms with Gasteiger partial charge >= 0.3 is 12.4 Å². The Morgan fingerprint density at radius 2 is 1.68 bits per heavy atom. The average molecular weight is 279 g/mol. The predicted molar refractivity (Wildman–Crippen MR) is 52.4 cm³/mol. The molecule has 0 saturated heterocycles. The van der Waals surface area contributed by atoms with Crippen molar-refractivity contribution in [3.8, 4) is 5.69 Å². The van der Waals surface area contributed by atoms with E-state index in [2.05, 4.69) is 11.3 Å². The van der Waals surface area contributed by atoms with Crippen molar-refractivity contribution in [1.82, 2.24) is 9.78 Å². The smallest absolute Gasteiger partial charge is 0.240 e. The van der Waals surface area contributed by atoms with E-state index in [1.54, 1.807) is 0 Å². The Balaban J connectivity index is 2.63. The van der Waals surface area contributed by atoms with Gasteiger partial charge in [-0.05, 0) is 24.3 Å². The Morgan fingerprint density at radius 3 is 2.16 bits per heavy atom. The topological polar surface area (TPSA) is 17.8 Å². The minimum atomic E-state index is -4.91. The van der Waals surface area contributed by atoms with Crippen molar-refractivity contribution in [3.63, 3.8) is 0 Å². The van der Waals surface area contributed by atoms with Crippen LogP contribution in [0.3, 0.4) is 0 Å². The SMILES string of the molecule is FC(F)(F)c1ccc(-n2cc[c]n2)c(C(F)(F)F)c1. The summed E-state index contributed by atoms with van der Waals surface area (Å²) in [4.78, 5) is 0. The van der Waals surface area contributed by atoms with Gasteiger partial charge in [0, 0.05) is 6.20 Å². The van der Waals surface area contributed by atoms with Crippen molar-refractivity contribution >= 4 is 0 Å². The molecule has 101 valence electrons. The Kier molecular flexibility index (Phi) is 3.03. The first-order chi connectivity index (χ1) is 8.69. The molecule has 8 heteroatoms. The lowest BCUT2D eigenvalue weighted by molar-refractivity contribution is -0.143. The highest BCUT2D eigenvalue weighted by Gasteiger charge is 2.38. The highest BCUT2D eigenvalue weighted by atomic mass is 19.4. The van der Waals surface area contributed by atoms with Gasteiger partial charge < -0.3 is 0 Å². The van der Waals surface area contributed by atoms with Crippen molar-refractivity contribution in [3.05, 3.63) is 47.8 Å². The summed E-state index contributed by atoms with van der Waals surface area (Å²) in [6, 6.07) is 2.62. The van der Waals surface area contributed by atoms with Gasteiger partial charge in [0.05, 0.1) is 16.8 Å². The second-order valence-electron chi connectivity index (χ2n) is 3.62. The van der Waals surface area contributed by atoms with Crippen LogP contribution >= 0.6 is 0 Å². The first kappa shape index (κ1) is 13.4. The molecule has 2 rings (SSSR count). The number of alkyl halides is 6. The molecule has 2 aromatic rings. The van der Waals surface area contributed by atoms with Gasteiger partial charge in [-0.3, -0.25) is 0 Å². The van der Waals surface area contributed by atoms with Gasteiger partial charge in [-0.2, -0.15) is 31.4 Å². The number of hydrogen-bond acceptors (Lipinski definition) is 1. The number of benzene rings is 1. The summed E-state index contributed by atoms with van der Waals surface area (Å²) in [5.74, 6) is 0. The Labute approximate surface area is 103 Å². The highest BCUT2D eigenvalue weighted by molar-refractivity contribution is 5.45. The maximum atomic E-state index is 12.8. The molecule has 1 radical (unpaired) electrons. The summed E-state index contributed by atoms with van der Waals surface area (Å²) in [6.45, 7) is 0. The molecule has 0 atom stereocenters. The van der Waals surface area contributed by atoms with Gasteiger partial charge in [0.15, 0.2) is 0 Å². The molecule has 0 aliphatic carbocycles. The molecule has 0 bridgehead atoms. The quantitative estimate of drug-likeness (QED) is 0.728. The average Bonchev–Trinajstić information content (AvgIpc) is 2.79. The molecule has 0 N–H and O–H groups in total. The van der Waals surface area contributed by atoms with Gasteiger partial charge in [0.1, 0.15) is 6.20 Å². The lowest BCUT2D eigenvalue weighted by Crippen LogP contribution is -2.14. The fourth-order valence-electron chi connectivity index (χ4n) is 1.51. The van der Waals surface area contributed by atoms with Crippen molar-refractivity contribution in [2.75, 3.05) is 0 Å². The van der Waals surface area contributed by atoms with Crippen LogP contribution in [0.25, 0.3) is 5.69 Å². The summed E-state index contributed by atoms with van der Waals surface area (Å²) < 4.78 is 76.5. The lowest BCUT2D eigenvalue weighted by Gasteiger charge is -2.15. The van der Waals surface area contributed by atoms with Crippen LogP contribution in [0.4, 0.5) is 26.3 Å². The second kappa shape index (κ2) is 4.29. The normalized spacial score (nSPS) is 12.7. The maximum Gasteiger partial charge on any atom is 0.418 e. The van der Waals surface area contributed by atoms with Crippen LogP contribution in [-0.4, -0.2) is 9.78 Å². The zero-order valence-electron chi connectivity index (χ0n) is 9.05. The Hall–Kier alpha value is -1.99. The van der Waals surface area contributed by atoms with Crippen LogP contribution in [0.1, 0.15) is 11.1 Å². The Morgan fingerprint density at radius 1 is 1.00 bits per heavy atom. The molecule has 19 heavy (non-hydrogen) atoms. The lowest BCUT2D eigenvalue weighted by atomic mass is 10.1. The van der Waals surface area contributed by atoms with Crippen LogP contribution in [0.2, 0.25) is 0 Å². The number of aromatic nitrogens is 2. The van der Waals surface area contributed by atoms with Crippen molar-refractivity contribution in [1.29, 1.82) is 0 Å². The molecule has 0 aliphatic rings. The summed E-state index contributed by atoms with van der Waals surface area (Å²) in [6.07, 6.45) is -6.31. The third-order valence-electron chi connectivity index (χ3n) is 2.33. The first-order valence-corrected chi connectivity index (χ1v) is 4.90. The van der Waals surface area contributed by atoms with E-state index in [1.807, 2.05) is 0 Å². The third-order valence-corrected chi connectivity index (χ3v) is 2.33. The number of nitrogens with zero attached hydrogens (tertiary/aromatic N) is 2. The largest absolute Gasteiger partial charge is 0.418 e. The fourth-order valence-corrected chi connectivity index (χ4v) is 1.51. The molecule has 1 heterocycles. The van der Waals surface area contributed by atoms with E-state index < -0.39 is 29.2 Å². The molecular weight excluding hydrogens is 274 g/mol. The van der Waals surface area contributed by atoms with E-state index in [1.165, 1.54) is 6.07 Å². The van der Waals surface area contributed by atoms with Crippen LogP contribution in [-0.2, 0) is 12.4 Å². The Bertz CT molecular complexity index is 568. The molecule has 0 amide bonds. The zero-order valence-corrected chi connectivity index (χ0v) is 9.05. The summed E-state index contributed by atoms with van der Waals surface area (Å²) in [5, 5.41) is 3.46. The predicted octanol–water partition coefficient (Wildman–Crippen LogP) is 3.71. The summed E-state index contributed by atoms with van der Waals surface area (Å²) in [7, 11) is 0. The van der Waals surface area contributed by atoms with Gasteiger partial charge in [0.2, 0.25) is 0 Å². The maximum absolute atomic E-state index is 12.8. The van der Waals surface area contributed by atoms with Gasteiger partial charge in [-0.1, -0.05) is 0 Å². The molecular formula is C11H5F6N2. The van der Waals surface area contributed by atoms with E-state index in [9.17, 15) is 26.3 Å². The van der Waals surface area contributed by atoms with Crippen LogP contribution < -0.4 is 0 Å². The zero-order chi connectivity index (χ0) is 14.3. The first-order valence-electron chi connectivity index (χ1n) is 4.90. The molecule has 0 saturated carbocycles. The minimum Gasteiger partial charge on any atom is -0.240 e. The van der Waals surface area contributed by atoms with Crippen LogP contribution in [0, 0.1) is 6.20 Å². The molecule has 1 aromatic heterocycles. The van der Waals surface area contributed by atoms with E-state index in [4.69, 9.17) is 0 Å². The van der Waals surface area contributed by atoms with E-state index in [0.717, 1.165) is 16.9 Å². The summed E-state index contributed by atoms with van der Waals surface area (Å²) in [5.41, 5.74) is -3.25. The van der Waals surface area contributed by atoms with Gasteiger partial charge in [-0.25, -0.2) is 4.68 Å². The van der Waals surface area contributed by atoms with Crippen molar-refractivity contribution in [2.24, 2.45) is 0 Å². The number of hydrogen-bond donors (Lipinski definition) is 0. The highest BCUT2D eigenvalue weighted by Crippen LogP contribution is 2.38. The van der Waals surface area contributed by atoms with Crippen molar-refractivity contribution < 1.29 is 26.3 Å². The summed E-state index contributed by atoms with van der Waals surface area (Å²) >= 11 is 0. The molecule has 1 aromatic carbocycles. The second-order valence-corrected chi connectivity index (χ2v) is 3.62. The van der Waals surface area contributed by atoms with Gasteiger partial charge in [0.25, 0.3) is 0 Å². The third kappa shape index (κ3) is 2.72. The molecule has 0 fully saturated rings. The van der Waals surface area contributed by atoms with E-state index >= 15 is 0 Å². The van der Waals surface area contributed by atoms with Crippen LogP contribution in [0.5, 0.6) is 0 Å². The molecule has 2 nitrogen and oxygen atoms in total. The standard InChI is InChI=1S/C11H5F6N2/c12-10(13,14)7-2-3-9(19-5-1-4-18-19)8(6-7)11(15,16)17/h1-3,5-6H. The van der Waals surface area contributed by atoms with E-state index in [0.29, 0.717) is 6.07 Å². The molecule has 0 spiro atoms. The van der Waals surface area contributed by atoms with Crippen LogP contribution in [0.15, 0.2) is 30.5 Å². The van der Waals surface area contributed by atoms with E-state index in [-0.39, 0.29) is 6.07 Å². The van der Waals surface area contributed by atoms with Gasteiger partial charge in [-0.15, -0.1) is 0 Å². The molecule has 0 unspecified atom stereocenters. The van der Waals surface area contributed by atoms with Crippen molar-refractivity contribution in [2.45, 2.75) is 12.4 Å². The monoisotopic (exact) mass is 279 g/mol. The number of halogens is 6. The fraction of sp³-hybridized carbons (Fsp3) is 0.182. The molecule has 0 aliphatic heterocycles. The minimum absolute atomic E-state index is 0.0665. The number of rotatable bonds is 1.